The van der Waals surface area contributed by atoms with Gasteiger partial charge in [-0.25, -0.2) is 0 Å². The highest BCUT2D eigenvalue weighted by Gasteiger charge is 2.19. The van der Waals surface area contributed by atoms with E-state index in [1.807, 2.05) is 19.9 Å². The number of unbranched alkanes of at least 4 members (excludes halogenated alkanes) is 2. The first kappa shape index (κ1) is 21.0. The second-order valence-corrected chi connectivity index (χ2v) is 5.32. The topological polar surface area (TPSA) is 18.5 Å². The van der Waals surface area contributed by atoms with Crippen LogP contribution in [0.25, 0.3) is 0 Å². The molecule has 1 aliphatic rings. The Morgan fingerprint density at radius 3 is 2.55 bits per heavy atom. The summed E-state index contributed by atoms with van der Waals surface area (Å²) in [6.07, 6.45) is 14.3. The Morgan fingerprint density at radius 1 is 1.23 bits per heavy atom. The zero-order valence-electron chi connectivity index (χ0n) is 15.2. The van der Waals surface area contributed by atoms with Gasteiger partial charge in [-0.3, -0.25) is 0 Å². The first-order valence-electron chi connectivity index (χ1n) is 9.09. The number of allylic oxidation sites excluding steroid dienone is 3. The van der Waals surface area contributed by atoms with Crippen molar-refractivity contribution >= 4 is 0 Å². The highest BCUT2D eigenvalue weighted by molar-refractivity contribution is 5.29. The van der Waals surface area contributed by atoms with Crippen LogP contribution in [0.1, 0.15) is 72.6 Å². The third-order valence-electron chi connectivity index (χ3n) is 3.46. The summed E-state index contributed by atoms with van der Waals surface area (Å²) < 4.78 is 11.7. The molecule has 22 heavy (non-hydrogen) atoms. The molecule has 0 radical (unpaired) electrons. The van der Waals surface area contributed by atoms with Crippen molar-refractivity contribution in [2.24, 2.45) is 0 Å². The van der Waals surface area contributed by atoms with Gasteiger partial charge in [0, 0.05) is 13.0 Å². The quantitative estimate of drug-likeness (QED) is 0.272. The Kier molecular flexibility index (Phi) is 14.2. The van der Waals surface area contributed by atoms with Gasteiger partial charge in [0.2, 0.25) is 0 Å². The van der Waals surface area contributed by atoms with Gasteiger partial charge >= 0.3 is 0 Å². The van der Waals surface area contributed by atoms with Crippen LogP contribution in [-0.2, 0) is 9.47 Å². The fourth-order valence-corrected chi connectivity index (χ4v) is 2.38. The molecule has 1 aliphatic heterocycles. The summed E-state index contributed by atoms with van der Waals surface area (Å²) in [5.74, 6) is 1.10. The molecule has 0 saturated carbocycles. The fourth-order valence-electron chi connectivity index (χ4n) is 2.38. The number of ether oxygens (including phenoxy) is 2. The van der Waals surface area contributed by atoms with E-state index in [1.54, 1.807) is 0 Å². The van der Waals surface area contributed by atoms with E-state index in [9.17, 15) is 0 Å². The van der Waals surface area contributed by atoms with Crippen LogP contribution in [0.3, 0.4) is 0 Å². The molecule has 0 aromatic rings. The molecule has 2 nitrogen and oxygen atoms in total. The van der Waals surface area contributed by atoms with E-state index in [-0.39, 0.29) is 6.10 Å². The van der Waals surface area contributed by atoms with E-state index in [0.29, 0.717) is 0 Å². The van der Waals surface area contributed by atoms with E-state index < -0.39 is 0 Å². The van der Waals surface area contributed by atoms with Gasteiger partial charge in [0.1, 0.15) is 0 Å². The molecule has 0 N–H and O–H groups in total. The summed E-state index contributed by atoms with van der Waals surface area (Å²) in [6, 6.07) is 0. The highest BCUT2D eigenvalue weighted by atomic mass is 16.5. The summed E-state index contributed by atoms with van der Waals surface area (Å²) >= 11 is 0. The average molecular weight is 309 g/mol. The van der Waals surface area contributed by atoms with Crippen molar-refractivity contribution in [3.63, 3.8) is 0 Å². The van der Waals surface area contributed by atoms with E-state index in [1.165, 1.54) is 24.8 Å². The van der Waals surface area contributed by atoms with Crippen LogP contribution in [0.5, 0.6) is 0 Å². The van der Waals surface area contributed by atoms with Crippen LogP contribution < -0.4 is 0 Å². The monoisotopic (exact) mass is 308 g/mol. The predicted octanol–water partition coefficient (Wildman–Crippen LogP) is 6.19. The molecule has 0 aromatic carbocycles. The third kappa shape index (κ3) is 9.09. The molecular formula is C20H36O2. The van der Waals surface area contributed by atoms with Gasteiger partial charge in [-0.2, -0.15) is 0 Å². The van der Waals surface area contributed by atoms with Crippen molar-refractivity contribution in [3.8, 4) is 0 Å². The van der Waals surface area contributed by atoms with Crippen LogP contribution in [0.15, 0.2) is 36.1 Å². The van der Waals surface area contributed by atoms with Gasteiger partial charge in [0.05, 0.1) is 18.5 Å². The van der Waals surface area contributed by atoms with Crippen molar-refractivity contribution in [3.05, 3.63) is 36.1 Å². The van der Waals surface area contributed by atoms with Crippen LogP contribution in [0.2, 0.25) is 0 Å². The van der Waals surface area contributed by atoms with Crippen molar-refractivity contribution in [2.45, 2.75) is 78.7 Å². The first-order valence-corrected chi connectivity index (χ1v) is 9.09. The van der Waals surface area contributed by atoms with E-state index in [2.05, 4.69) is 32.6 Å². The smallest absolute Gasteiger partial charge is 0.0963 e. The van der Waals surface area contributed by atoms with E-state index in [0.717, 1.165) is 44.7 Å². The molecule has 1 saturated heterocycles. The number of hydrogen-bond acceptors (Lipinski definition) is 2. The van der Waals surface area contributed by atoms with Gasteiger partial charge in [-0.1, -0.05) is 59.3 Å². The lowest BCUT2D eigenvalue weighted by atomic mass is 10.0. The molecule has 2 heteroatoms. The summed E-state index contributed by atoms with van der Waals surface area (Å²) in [6.45, 7) is 13.9. The number of rotatable bonds is 10. The molecule has 0 spiro atoms. The molecule has 1 atom stereocenters. The van der Waals surface area contributed by atoms with Gasteiger partial charge in [-0.05, 0) is 37.3 Å². The van der Waals surface area contributed by atoms with Gasteiger partial charge < -0.3 is 9.47 Å². The van der Waals surface area contributed by atoms with Crippen LogP contribution in [-0.4, -0.2) is 19.3 Å². The Balaban J connectivity index is 0.00000211. The molecule has 0 aromatic heterocycles. The Bertz CT molecular complexity index is 323. The molecule has 1 fully saturated rings. The summed E-state index contributed by atoms with van der Waals surface area (Å²) in [7, 11) is 0. The largest absolute Gasteiger partial charge is 0.498 e. The van der Waals surface area contributed by atoms with Crippen LogP contribution in [0.4, 0.5) is 0 Å². The van der Waals surface area contributed by atoms with Gasteiger partial charge in [-0.15, -0.1) is 0 Å². The van der Waals surface area contributed by atoms with Crippen LogP contribution in [0, 0.1) is 0 Å². The Labute approximate surface area is 138 Å². The normalized spacial score (nSPS) is 18.6. The molecule has 128 valence electrons. The summed E-state index contributed by atoms with van der Waals surface area (Å²) in [5.41, 5.74) is 1.21. The predicted molar refractivity (Wildman–Crippen MR) is 97.1 cm³/mol. The molecular weight excluding hydrogens is 272 g/mol. The fraction of sp³-hybridized carbons (Fsp3) is 0.700. The molecule has 0 aliphatic carbocycles. The average Bonchev–Trinajstić information content (AvgIpc) is 3.08. The zero-order valence-corrected chi connectivity index (χ0v) is 15.2. The maximum absolute atomic E-state index is 5.90. The zero-order chi connectivity index (χ0) is 16.6. The lowest BCUT2D eigenvalue weighted by Crippen LogP contribution is -2.08. The minimum absolute atomic E-state index is 0.222. The third-order valence-corrected chi connectivity index (χ3v) is 3.46. The minimum Gasteiger partial charge on any atom is -0.498 e. The second-order valence-electron chi connectivity index (χ2n) is 5.32. The molecule has 1 rings (SSSR count). The van der Waals surface area contributed by atoms with Crippen LogP contribution >= 0.6 is 0 Å². The van der Waals surface area contributed by atoms with Crippen molar-refractivity contribution in [1.29, 1.82) is 0 Å². The highest BCUT2D eigenvalue weighted by Crippen LogP contribution is 2.23. The second kappa shape index (κ2) is 14.9. The SMILES string of the molecule is C=C/C=C(\C=C(\CCCCC)OCCC)C1CCCO1.CC. The van der Waals surface area contributed by atoms with Gasteiger partial charge in [0.15, 0.2) is 0 Å². The lowest BCUT2D eigenvalue weighted by molar-refractivity contribution is 0.138. The van der Waals surface area contributed by atoms with Crippen molar-refractivity contribution in [1.82, 2.24) is 0 Å². The van der Waals surface area contributed by atoms with Crippen molar-refractivity contribution < 1.29 is 9.47 Å². The maximum Gasteiger partial charge on any atom is 0.0963 e. The Morgan fingerprint density at radius 2 is 2.00 bits per heavy atom. The molecule has 1 unspecified atom stereocenters. The lowest BCUT2D eigenvalue weighted by Gasteiger charge is -2.14. The first-order chi connectivity index (χ1) is 10.8. The molecule has 0 bridgehead atoms. The van der Waals surface area contributed by atoms with E-state index >= 15 is 0 Å². The van der Waals surface area contributed by atoms with Gasteiger partial charge in [0.25, 0.3) is 0 Å². The summed E-state index contributed by atoms with van der Waals surface area (Å²) in [4.78, 5) is 0. The standard InChI is InChI=1S/C18H30O2.C2H6/c1-4-7-8-11-17(19-13-6-3)15-16(10-5-2)18-12-9-14-20-18;1-2/h5,10,15,18H,2,4,6-9,11-14H2,1,3H3;1-2H3/b16-10+,17-15-;. The number of hydrogen-bond donors (Lipinski definition) is 0. The maximum atomic E-state index is 5.90. The summed E-state index contributed by atoms with van der Waals surface area (Å²) in [5, 5.41) is 0. The molecule has 1 heterocycles. The molecule has 0 amide bonds. The van der Waals surface area contributed by atoms with E-state index in [4.69, 9.17) is 9.47 Å². The van der Waals surface area contributed by atoms with Crippen molar-refractivity contribution in [2.75, 3.05) is 13.2 Å². The minimum atomic E-state index is 0.222. The Hall–Kier alpha value is -1.02.